The van der Waals surface area contributed by atoms with E-state index in [0.29, 0.717) is 26.2 Å². The topological polar surface area (TPSA) is 106 Å². The Balaban J connectivity index is 1.57. The lowest BCUT2D eigenvalue weighted by Gasteiger charge is -2.29. The lowest BCUT2D eigenvalue weighted by molar-refractivity contribution is -0.0254. The van der Waals surface area contributed by atoms with E-state index in [0.717, 1.165) is 13.1 Å². The SMILES string of the molecule is O=S(=O)(C1=CCC(OC[C@@H](O)CN2CCOCC2)C=C1)c1cc(Cl)c(OC[C@@H](O)CCl)c(Cl)c1. The minimum atomic E-state index is -3.88. The van der Waals surface area contributed by atoms with Crippen LogP contribution in [0.3, 0.4) is 0 Å². The number of halogens is 3. The van der Waals surface area contributed by atoms with Crippen molar-refractivity contribution in [1.82, 2.24) is 4.90 Å². The number of nitrogens with zero attached hydrogens (tertiary/aromatic N) is 1. The molecule has 1 aromatic carbocycles. The Morgan fingerprint density at radius 3 is 2.38 bits per heavy atom. The molecule has 0 bridgehead atoms. The van der Waals surface area contributed by atoms with Crippen molar-refractivity contribution >= 4 is 44.6 Å². The molecule has 0 radical (unpaired) electrons. The zero-order valence-electron chi connectivity index (χ0n) is 18.4. The van der Waals surface area contributed by atoms with Crippen LogP contribution in [-0.4, -0.2) is 93.8 Å². The van der Waals surface area contributed by atoms with Crippen LogP contribution in [0.15, 0.2) is 40.2 Å². The van der Waals surface area contributed by atoms with Crippen molar-refractivity contribution in [3.63, 3.8) is 0 Å². The van der Waals surface area contributed by atoms with Crippen LogP contribution < -0.4 is 4.74 Å². The van der Waals surface area contributed by atoms with Crippen molar-refractivity contribution in [3.05, 3.63) is 45.3 Å². The fourth-order valence-corrected chi connectivity index (χ4v) is 5.67. The first-order valence-corrected chi connectivity index (χ1v) is 13.6. The lowest BCUT2D eigenvalue weighted by atomic mass is 10.1. The highest BCUT2D eigenvalue weighted by atomic mass is 35.5. The van der Waals surface area contributed by atoms with E-state index < -0.39 is 22.0 Å². The van der Waals surface area contributed by atoms with Gasteiger partial charge in [0.15, 0.2) is 5.75 Å². The smallest absolute Gasteiger partial charge is 0.206 e. The van der Waals surface area contributed by atoms with Crippen LogP contribution in [0.2, 0.25) is 10.0 Å². The molecule has 1 aliphatic heterocycles. The Labute approximate surface area is 214 Å². The molecular weight excluding hydrogens is 529 g/mol. The molecule has 1 aliphatic carbocycles. The molecule has 0 spiro atoms. The Hall–Kier alpha value is -0.880. The molecule has 1 heterocycles. The van der Waals surface area contributed by atoms with E-state index in [4.69, 9.17) is 49.0 Å². The average Bonchev–Trinajstić information content (AvgIpc) is 2.82. The van der Waals surface area contributed by atoms with Gasteiger partial charge in [-0.15, -0.1) is 11.6 Å². The van der Waals surface area contributed by atoms with Gasteiger partial charge in [-0.1, -0.05) is 35.4 Å². The van der Waals surface area contributed by atoms with Crippen molar-refractivity contribution in [3.8, 4) is 5.75 Å². The minimum absolute atomic E-state index is 0.00343. The summed E-state index contributed by atoms with van der Waals surface area (Å²) in [5.41, 5.74) is 0. The number of morpholine rings is 1. The van der Waals surface area contributed by atoms with Crippen LogP contribution in [-0.2, 0) is 19.3 Å². The van der Waals surface area contributed by atoms with Crippen LogP contribution in [0, 0.1) is 0 Å². The number of sulfone groups is 1. The molecular formula is C22H28Cl3NO7S. The largest absolute Gasteiger partial charge is 0.488 e. The summed E-state index contributed by atoms with van der Waals surface area (Å²) in [6.45, 7) is 3.39. The van der Waals surface area contributed by atoms with Gasteiger partial charge in [0.25, 0.3) is 0 Å². The molecule has 0 amide bonds. The van der Waals surface area contributed by atoms with E-state index in [9.17, 15) is 18.6 Å². The number of rotatable bonds is 11. The highest BCUT2D eigenvalue weighted by Crippen LogP contribution is 2.37. The fraction of sp³-hybridized carbons (Fsp3) is 0.545. The van der Waals surface area contributed by atoms with Crippen molar-refractivity contribution in [1.29, 1.82) is 0 Å². The van der Waals surface area contributed by atoms with Crippen LogP contribution in [0.25, 0.3) is 0 Å². The standard InChI is InChI=1S/C22H28Cl3NO7S/c23-11-15(27)13-33-22-20(24)9-19(10-21(22)25)34(29,30)18-3-1-17(2-4-18)32-14-16(28)12-26-5-7-31-8-6-26/h1,3-4,9-10,15-17,27-28H,2,5-8,11-14H2/t15-,16-,17?/m0/s1. The van der Waals surface area contributed by atoms with Crippen molar-refractivity contribution < 1.29 is 32.8 Å². The van der Waals surface area contributed by atoms with Crippen molar-refractivity contribution in [2.75, 3.05) is 51.9 Å². The minimum Gasteiger partial charge on any atom is -0.488 e. The zero-order chi connectivity index (χ0) is 24.7. The quantitative estimate of drug-likeness (QED) is 0.401. The molecule has 3 atom stereocenters. The Morgan fingerprint density at radius 1 is 1.12 bits per heavy atom. The van der Waals surface area contributed by atoms with Crippen LogP contribution in [0.5, 0.6) is 5.75 Å². The number of ether oxygens (including phenoxy) is 3. The molecule has 2 aliphatic rings. The monoisotopic (exact) mass is 555 g/mol. The van der Waals surface area contributed by atoms with Gasteiger partial charge in [-0.2, -0.15) is 0 Å². The number of allylic oxidation sites excluding steroid dienone is 1. The first kappa shape index (κ1) is 27.7. The third-order valence-electron chi connectivity index (χ3n) is 5.29. The summed E-state index contributed by atoms with van der Waals surface area (Å²) in [6, 6.07) is 2.51. The summed E-state index contributed by atoms with van der Waals surface area (Å²) in [7, 11) is -3.88. The maximum Gasteiger partial charge on any atom is 0.206 e. The second-order valence-electron chi connectivity index (χ2n) is 7.98. The van der Waals surface area contributed by atoms with Gasteiger partial charge in [-0.25, -0.2) is 8.42 Å². The molecule has 190 valence electrons. The number of benzene rings is 1. The van der Waals surface area contributed by atoms with Gasteiger partial charge in [-0.05, 0) is 24.6 Å². The second kappa shape index (κ2) is 12.9. The molecule has 12 heteroatoms. The maximum atomic E-state index is 13.1. The number of β-amino-alcohol motifs (C(OH)–C–C–N with tert-alkyl or cyclic N) is 1. The molecule has 8 nitrogen and oxygen atoms in total. The lowest BCUT2D eigenvalue weighted by Crippen LogP contribution is -2.42. The highest BCUT2D eigenvalue weighted by Gasteiger charge is 2.25. The van der Waals surface area contributed by atoms with Crippen LogP contribution >= 0.6 is 34.8 Å². The molecule has 34 heavy (non-hydrogen) atoms. The number of aliphatic hydroxyl groups is 2. The predicted molar refractivity (Wildman–Crippen MR) is 131 cm³/mol. The molecule has 0 saturated carbocycles. The molecule has 3 rings (SSSR count). The van der Waals surface area contributed by atoms with Gasteiger partial charge >= 0.3 is 0 Å². The molecule has 1 saturated heterocycles. The predicted octanol–water partition coefficient (Wildman–Crippen LogP) is 2.67. The summed E-state index contributed by atoms with van der Waals surface area (Å²) < 4.78 is 42.6. The Bertz CT molecular complexity index is 973. The average molecular weight is 557 g/mol. The third-order valence-corrected chi connectivity index (χ3v) is 7.99. The molecule has 0 aromatic heterocycles. The van der Waals surface area contributed by atoms with Gasteiger partial charge in [0.1, 0.15) is 12.7 Å². The number of hydrogen-bond donors (Lipinski definition) is 2. The molecule has 1 aromatic rings. The number of hydrogen-bond acceptors (Lipinski definition) is 8. The van der Waals surface area contributed by atoms with E-state index in [1.54, 1.807) is 12.2 Å². The summed E-state index contributed by atoms with van der Waals surface area (Å²) in [6.07, 6.45) is 3.14. The van der Waals surface area contributed by atoms with E-state index >= 15 is 0 Å². The first-order valence-electron chi connectivity index (χ1n) is 10.8. The van der Waals surface area contributed by atoms with Crippen LogP contribution in [0.1, 0.15) is 6.42 Å². The highest BCUT2D eigenvalue weighted by molar-refractivity contribution is 7.95. The molecule has 1 unspecified atom stereocenters. The number of alkyl halides is 1. The summed E-state index contributed by atoms with van der Waals surface area (Å²) in [5, 5.41) is 19.8. The van der Waals surface area contributed by atoms with E-state index in [1.807, 2.05) is 0 Å². The fourth-order valence-electron chi connectivity index (χ4n) is 3.46. The van der Waals surface area contributed by atoms with Crippen LogP contribution in [0.4, 0.5) is 0 Å². The van der Waals surface area contributed by atoms with Gasteiger partial charge in [0.2, 0.25) is 9.84 Å². The summed E-state index contributed by atoms with van der Waals surface area (Å²) >= 11 is 17.9. The normalized spacial score (nSPS) is 21.2. The number of aliphatic hydroxyl groups excluding tert-OH is 2. The van der Waals surface area contributed by atoms with E-state index in [2.05, 4.69) is 4.90 Å². The Morgan fingerprint density at radius 2 is 1.79 bits per heavy atom. The van der Waals surface area contributed by atoms with Gasteiger partial charge in [0, 0.05) is 19.6 Å². The maximum absolute atomic E-state index is 13.1. The Kier molecular flexibility index (Phi) is 10.5. The van der Waals surface area contributed by atoms with Crippen molar-refractivity contribution in [2.45, 2.75) is 29.6 Å². The summed E-state index contributed by atoms with van der Waals surface area (Å²) in [4.78, 5) is 2.13. The third kappa shape index (κ3) is 7.56. The van der Waals surface area contributed by atoms with Gasteiger partial charge in [-0.3, -0.25) is 4.90 Å². The molecule has 1 fully saturated rings. The van der Waals surface area contributed by atoms with E-state index in [-0.39, 0.29) is 50.8 Å². The first-order chi connectivity index (χ1) is 16.2. The second-order valence-corrected chi connectivity index (χ2v) is 11.1. The van der Waals surface area contributed by atoms with E-state index in [1.165, 1.54) is 18.2 Å². The summed E-state index contributed by atoms with van der Waals surface area (Å²) in [5.74, 6) is 0.0448. The zero-order valence-corrected chi connectivity index (χ0v) is 21.5. The van der Waals surface area contributed by atoms with Gasteiger partial charge < -0.3 is 24.4 Å². The molecule has 2 N–H and O–H groups in total. The van der Waals surface area contributed by atoms with Gasteiger partial charge in [0.05, 0.1) is 57.8 Å². The van der Waals surface area contributed by atoms with Crippen molar-refractivity contribution in [2.24, 2.45) is 0 Å².